The van der Waals surface area contributed by atoms with Crippen LogP contribution in [0.25, 0.3) is 0 Å². The first kappa shape index (κ1) is 51.9. The zero-order chi connectivity index (χ0) is 51.0. The quantitative estimate of drug-likeness (QED) is 0.0672. The highest BCUT2D eigenvalue weighted by Gasteiger charge is 2.68. The standard InChI is InChI=1S/C49H59BClF2N5O12/c1-47(2,3)68-45(63)35-30(52)17-16-27(38(35)65-7)22-34(50-69-33-24-28-23-32(48(28,4)5)49(33,6)70-50)55-42(60)37(29-25-31(53)39(66-8)40(67-9)36(29)51)56-46(64)58-21-20-57(43(61)44(58)62)19-13-18-54-41(59)26-14-11-10-12-15-26/h10-12,14-17,25,28,32-34,37H,13,18-24H2,1-9H3,(H,54,59)(H,55,60)(H,56,64)/t28-,32-,33+,34-,37?,49-/m0/s1. The zero-order valence-electron chi connectivity index (χ0n) is 40.7. The minimum Gasteiger partial charge on any atom is -0.495 e. The molecule has 2 saturated heterocycles. The van der Waals surface area contributed by atoms with Crippen LogP contribution in [0.5, 0.6) is 17.2 Å². The first-order valence-electron chi connectivity index (χ1n) is 23.1. The summed E-state index contributed by atoms with van der Waals surface area (Å²) in [5, 5.41) is 7.83. The third kappa shape index (κ3) is 10.1. The number of hydrogen-bond donors (Lipinski definition) is 3. The maximum atomic E-state index is 15.9. The van der Waals surface area contributed by atoms with Crippen molar-refractivity contribution in [1.29, 1.82) is 0 Å². The highest BCUT2D eigenvalue weighted by molar-refractivity contribution is 6.48. The van der Waals surface area contributed by atoms with Gasteiger partial charge < -0.3 is 49.1 Å². The fraction of sp³-hybridized carbons (Fsp3) is 0.510. The lowest BCUT2D eigenvalue weighted by Gasteiger charge is -2.64. The summed E-state index contributed by atoms with van der Waals surface area (Å²) in [4.78, 5) is 84.1. The topological polar surface area (TPSA) is 200 Å². The number of carbonyl (C=O) groups excluding carboxylic acids is 6. The van der Waals surface area contributed by atoms with Crippen molar-refractivity contribution in [3.05, 3.63) is 87.4 Å². The lowest BCUT2D eigenvalue weighted by atomic mass is 9.43. The number of halogens is 3. The van der Waals surface area contributed by atoms with E-state index in [4.69, 9.17) is 39.9 Å². The number of nitrogens with one attached hydrogen (secondary N) is 3. The van der Waals surface area contributed by atoms with Gasteiger partial charge in [-0.3, -0.25) is 24.1 Å². The summed E-state index contributed by atoms with van der Waals surface area (Å²) in [5.41, 5.74) is -1.96. The molecule has 6 amide bonds. The number of imide groups is 1. The van der Waals surface area contributed by atoms with Gasteiger partial charge in [0.25, 0.3) is 5.91 Å². The molecule has 17 nitrogen and oxygen atoms in total. The average Bonchev–Trinajstić information content (AvgIpc) is 3.68. The fourth-order valence-corrected chi connectivity index (χ4v) is 10.5. The lowest BCUT2D eigenvalue weighted by molar-refractivity contribution is -0.199. The number of benzene rings is 3. The second kappa shape index (κ2) is 20.4. The molecule has 0 radical (unpaired) electrons. The maximum absolute atomic E-state index is 15.9. The molecule has 5 fully saturated rings. The molecule has 376 valence electrons. The monoisotopic (exact) mass is 993 g/mol. The minimum atomic E-state index is -1.90. The van der Waals surface area contributed by atoms with Crippen LogP contribution in [0.15, 0.2) is 48.5 Å². The molecule has 70 heavy (non-hydrogen) atoms. The van der Waals surface area contributed by atoms with E-state index < -0.39 is 83.0 Å². The Bertz CT molecular complexity index is 2550. The van der Waals surface area contributed by atoms with Crippen molar-refractivity contribution >= 4 is 54.3 Å². The Kier molecular flexibility index (Phi) is 15.1. The number of esters is 1. The van der Waals surface area contributed by atoms with E-state index in [2.05, 4.69) is 29.8 Å². The van der Waals surface area contributed by atoms with Crippen molar-refractivity contribution in [2.75, 3.05) is 47.5 Å². The predicted molar refractivity (Wildman–Crippen MR) is 251 cm³/mol. The molecule has 2 bridgehead atoms. The van der Waals surface area contributed by atoms with E-state index in [1.165, 1.54) is 32.3 Å². The van der Waals surface area contributed by atoms with E-state index in [0.29, 0.717) is 29.2 Å². The number of urea groups is 1. The second-order valence-corrected chi connectivity index (χ2v) is 20.1. The van der Waals surface area contributed by atoms with Gasteiger partial charge in [0.2, 0.25) is 5.91 Å². The first-order valence-corrected chi connectivity index (χ1v) is 23.5. The van der Waals surface area contributed by atoms with E-state index >= 15 is 13.6 Å². The van der Waals surface area contributed by atoms with Gasteiger partial charge in [0.15, 0.2) is 17.3 Å². The van der Waals surface area contributed by atoms with Crippen molar-refractivity contribution in [3.8, 4) is 17.2 Å². The molecule has 3 aromatic rings. The van der Waals surface area contributed by atoms with Crippen LogP contribution in [-0.4, -0.2) is 123 Å². The van der Waals surface area contributed by atoms with Crippen molar-refractivity contribution in [3.63, 3.8) is 0 Å². The number of carbonyl (C=O) groups is 6. The van der Waals surface area contributed by atoms with Crippen LogP contribution in [0.1, 0.15) is 98.7 Å². The van der Waals surface area contributed by atoms with Crippen molar-refractivity contribution in [1.82, 2.24) is 25.8 Å². The summed E-state index contributed by atoms with van der Waals surface area (Å²) >= 11 is 6.83. The van der Waals surface area contributed by atoms with Gasteiger partial charge >= 0.3 is 30.9 Å². The number of nitrogens with zero attached hydrogens (tertiary/aromatic N) is 2. The molecule has 1 unspecified atom stereocenters. The molecule has 3 N–H and O–H groups in total. The number of methoxy groups -OCH3 is 3. The first-order chi connectivity index (χ1) is 33.0. The summed E-state index contributed by atoms with van der Waals surface area (Å²) in [6.45, 7) is 11.1. The molecule has 6 atom stereocenters. The largest absolute Gasteiger partial charge is 0.495 e. The molecule has 5 aliphatic rings. The van der Waals surface area contributed by atoms with Gasteiger partial charge in [-0.1, -0.05) is 49.7 Å². The normalized spacial score (nSPS) is 22.3. The minimum absolute atomic E-state index is 0.0706. The van der Waals surface area contributed by atoms with Crippen LogP contribution >= 0.6 is 11.6 Å². The summed E-state index contributed by atoms with van der Waals surface area (Å²) in [6, 6.07) is 8.80. The van der Waals surface area contributed by atoms with Gasteiger partial charge in [0.1, 0.15) is 28.8 Å². The Hall–Kier alpha value is -5.99. The molecular formula is C49H59BClF2N5O12. The van der Waals surface area contributed by atoms with Crippen LogP contribution in [-0.2, 0) is 34.9 Å². The molecule has 0 aromatic heterocycles. The molecule has 3 saturated carbocycles. The maximum Gasteiger partial charge on any atom is 0.482 e. The van der Waals surface area contributed by atoms with Gasteiger partial charge in [0.05, 0.1) is 44.0 Å². The molecule has 3 aliphatic carbocycles. The molecule has 21 heteroatoms. The number of hydrogen-bond acceptors (Lipinski definition) is 12. The van der Waals surface area contributed by atoms with Crippen LogP contribution in [0.3, 0.4) is 0 Å². The molecule has 0 spiro atoms. The van der Waals surface area contributed by atoms with E-state index in [-0.39, 0.29) is 83.6 Å². The Labute approximate surface area is 410 Å². The summed E-state index contributed by atoms with van der Waals surface area (Å²) in [7, 11) is 2.45. The smallest absolute Gasteiger partial charge is 0.482 e. The Morgan fingerprint density at radius 1 is 0.900 bits per heavy atom. The zero-order valence-corrected chi connectivity index (χ0v) is 41.4. The van der Waals surface area contributed by atoms with Gasteiger partial charge in [0, 0.05) is 37.3 Å². The molecule has 3 aromatic carbocycles. The summed E-state index contributed by atoms with van der Waals surface area (Å²) < 4.78 is 66.7. The Morgan fingerprint density at radius 2 is 1.59 bits per heavy atom. The molecular weight excluding hydrogens is 935 g/mol. The highest BCUT2D eigenvalue weighted by Crippen LogP contribution is 2.66. The van der Waals surface area contributed by atoms with Gasteiger partial charge in [-0.25, -0.2) is 18.4 Å². The van der Waals surface area contributed by atoms with E-state index in [0.717, 1.165) is 18.6 Å². The van der Waals surface area contributed by atoms with E-state index in [9.17, 15) is 24.0 Å². The third-order valence-electron chi connectivity index (χ3n) is 13.9. The van der Waals surface area contributed by atoms with Crippen LogP contribution in [0, 0.1) is 28.9 Å². The van der Waals surface area contributed by atoms with Crippen molar-refractivity contribution < 1.29 is 65.8 Å². The third-order valence-corrected chi connectivity index (χ3v) is 14.3. The van der Waals surface area contributed by atoms with Crippen LogP contribution in [0.2, 0.25) is 5.02 Å². The Morgan fingerprint density at radius 3 is 2.23 bits per heavy atom. The van der Waals surface area contributed by atoms with E-state index in [1.54, 1.807) is 51.1 Å². The molecule has 2 aliphatic heterocycles. The Balaban J connectivity index is 1.18. The summed E-state index contributed by atoms with van der Waals surface area (Å²) in [5.74, 6) is -8.07. The lowest BCUT2D eigenvalue weighted by Crippen LogP contribution is -2.65. The SMILES string of the molecule is COc1c(F)cc(C(NC(=O)N2CCN(CCCNC(=O)c3ccccc3)C(=O)C2=O)C(=O)N[C@@H](Cc2ccc(F)c(C(=O)OC(C)(C)C)c2OC)B2O[C@@H]3C[C@@H]4C[C@@H](C4(C)C)[C@]3(C)O2)c(Cl)c1OC. The van der Waals surface area contributed by atoms with Crippen LogP contribution in [0.4, 0.5) is 13.6 Å². The van der Waals surface area contributed by atoms with Gasteiger partial charge in [-0.05, 0) is 100 Å². The molecule has 2 heterocycles. The van der Waals surface area contributed by atoms with Crippen molar-refractivity contribution in [2.24, 2.45) is 17.3 Å². The average molecular weight is 994 g/mol. The van der Waals surface area contributed by atoms with Crippen LogP contribution < -0.4 is 30.2 Å². The second-order valence-electron chi connectivity index (χ2n) is 19.7. The van der Waals surface area contributed by atoms with E-state index in [1.807, 2.05) is 6.92 Å². The predicted octanol–water partition coefficient (Wildman–Crippen LogP) is 5.84. The molecule has 8 rings (SSSR count). The number of amides is 6. The van der Waals surface area contributed by atoms with Gasteiger partial charge in [-0.15, -0.1) is 0 Å². The van der Waals surface area contributed by atoms with Crippen molar-refractivity contribution in [2.45, 2.75) is 96.5 Å². The number of ether oxygens (including phenoxy) is 4. The summed E-state index contributed by atoms with van der Waals surface area (Å²) in [6.07, 6.45) is 1.27. The van der Waals surface area contributed by atoms with Gasteiger partial charge in [-0.2, -0.15) is 0 Å². The fourth-order valence-electron chi connectivity index (χ4n) is 10.2. The highest BCUT2D eigenvalue weighted by atomic mass is 35.5. The number of piperazine rings is 1. The number of rotatable bonds is 16.